The fourth-order valence-electron chi connectivity index (χ4n) is 1.63. The Morgan fingerprint density at radius 3 is 2.44 bits per heavy atom. The van der Waals surface area contributed by atoms with Gasteiger partial charge in [0.1, 0.15) is 5.75 Å². The first-order valence-corrected chi connectivity index (χ1v) is 5.69. The van der Waals surface area contributed by atoms with Crippen molar-refractivity contribution >= 4 is 11.5 Å². The van der Waals surface area contributed by atoms with Crippen LogP contribution in [-0.4, -0.2) is 18.2 Å². The monoisotopic (exact) mass is 246 g/mol. The van der Waals surface area contributed by atoms with Crippen molar-refractivity contribution in [3.8, 4) is 5.75 Å². The Hall–Kier alpha value is -2.03. The topological polar surface area (TPSA) is 46.5 Å². The Morgan fingerprint density at radius 1 is 1.28 bits per heavy atom. The normalized spacial score (nSPS) is 11.9. The highest BCUT2D eigenvalue weighted by atomic mass is 16.5. The van der Waals surface area contributed by atoms with Crippen LogP contribution in [0.5, 0.6) is 5.75 Å². The SMILES string of the molecule is COc1cc(C)c(C)cc1/C(C)=C/C=C/C(=O)O. The number of carboxylic acids is 1. The van der Waals surface area contributed by atoms with Crippen molar-refractivity contribution in [2.45, 2.75) is 20.8 Å². The van der Waals surface area contributed by atoms with Gasteiger partial charge in [0.2, 0.25) is 0 Å². The fraction of sp³-hybridized carbons (Fsp3) is 0.267. The van der Waals surface area contributed by atoms with Gasteiger partial charge in [0, 0.05) is 11.6 Å². The summed E-state index contributed by atoms with van der Waals surface area (Å²) in [6, 6.07) is 4.04. The average Bonchev–Trinajstić information content (AvgIpc) is 2.31. The van der Waals surface area contributed by atoms with Crippen LogP contribution in [0.3, 0.4) is 0 Å². The number of aryl methyl sites for hydroxylation is 2. The number of hydrogen-bond acceptors (Lipinski definition) is 2. The van der Waals surface area contributed by atoms with Crippen molar-refractivity contribution < 1.29 is 14.6 Å². The van der Waals surface area contributed by atoms with Crippen molar-refractivity contribution in [1.82, 2.24) is 0 Å². The van der Waals surface area contributed by atoms with Gasteiger partial charge in [-0.25, -0.2) is 4.79 Å². The maximum Gasteiger partial charge on any atom is 0.328 e. The molecule has 0 unspecified atom stereocenters. The number of aliphatic carboxylic acids is 1. The molecule has 0 spiro atoms. The number of benzene rings is 1. The number of ether oxygens (including phenoxy) is 1. The maximum atomic E-state index is 10.4. The van der Waals surface area contributed by atoms with E-state index in [0.717, 1.165) is 23.0 Å². The van der Waals surface area contributed by atoms with E-state index in [0.29, 0.717) is 0 Å². The summed E-state index contributed by atoms with van der Waals surface area (Å²) in [4.78, 5) is 10.4. The molecule has 0 saturated carbocycles. The van der Waals surface area contributed by atoms with Crippen molar-refractivity contribution in [3.63, 3.8) is 0 Å². The first-order chi connectivity index (χ1) is 8.45. The van der Waals surface area contributed by atoms with Crippen LogP contribution in [0, 0.1) is 13.8 Å². The van der Waals surface area contributed by atoms with Crippen molar-refractivity contribution in [1.29, 1.82) is 0 Å². The van der Waals surface area contributed by atoms with E-state index < -0.39 is 5.97 Å². The Kier molecular flexibility index (Phi) is 4.72. The standard InChI is InChI=1S/C15H18O3/c1-10(6-5-7-15(16)17)13-8-11(2)12(3)9-14(13)18-4/h5-9H,1-4H3,(H,16,17)/b7-5+,10-6+. The summed E-state index contributed by atoms with van der Waals surface area (Å²) in [5.41, 5.74) is 4.30. The number of allylic oxidation sites excluding steroid dienone is 3. The highest BCUT2D eigenvalue weighted by Gasteiger charge is 2.06. The van der Waals surface area contributed by atoms with E-state index >= 15 is 0 Å². The number of carbonyl (C=O) groups is 1. The summed E-state index contributed by atoms with van der Waals surface area (Å²) in [6.07, 6.45) is 4.39. The molecule has 1 aromatic rings. The second-order valence-electron chi connectivity index (χ2n) is 4.18. The summed E-state index contributed by atoms with van der Waals surface area (Å²) < 4.78 is 5.35. The van der Waals surface area contributed by atoms with Gasteiger partial charge in [-0.05, 0) is 49.6 Å². The predicted octanol–water partition coefficient (Wildman–Crippen LogP) is 3.36. The zero-order valence-corrected chi connectivity index (χ0v) is 11.2. The quantitative estimate of drug-likeness (QED) is 0.654. The molecule has 96 valence electrons. The molecule has 0 radical (unpaired) electrons. The molecule has 1 rings (SSSR count). The molecule has 0 aliphatic carbocycles. The Labute approximate surface area is 107 Å². The lowest BCUT2D eigenvalue weighted by molar-refractivity contribution is -0.131. The molecular weight excluding hydrogens is 228 g/mol. The zero-order valence-electron chi connectivity index (χ0n) is 11.2. The van der Waals surface area contributed by atoms with Gasteiger partial charge < -0.3 is 9.84 Å². The maximum absolute atomic E-state index is 10.4. The third-order valence-corrected chi connectivity index (χ3v) is 2.83. The third kappa shape index (κ3) is 3.48. The van der Waals surface area contributed by atoms with Gasteiger partial charge in [0.15, 0.2) is 0 Å². The van der Waals surface area contributed by atoms with Gasteiger partial charge >= 0.3 is 5.97 Å². The second kappa shape index (κ2) is 6.05. The van der Waals surface area contributed by atoms with E-state index in [4.69, 9.17) is 9.84 Å². The van der Waals surface area contributed by atoms with E-state index in [1.54, 1.807) is 13.2 Å². The van der Waals surface area contributed by atoms with Gasteiger partial charge in [-0.3, -0.25) is 0 Å². The Balaban J connectivity index is 3.15. The van der Waals surface area contributed by atoms with Gasteiger partial charge in [0.25, 0.3) is 0 Å². The molecule has 0 aliphatic rings. The fourth-order valence-corrected chi connectivity index (χ4v) is 1.63. The van der Waals surface area contributed by atoms with Crippen LogP contribution >= 0.6 is 0 Å². The number of rotatable bonds is 4. The molecule has 1 aromatic carbocycles. The highest BCUT2D eigenvalue weighted by molar-refractivity contribution is 5.81. The molecule has 0 fully saturated rings. The molecule has 0 atom stereocenters. The second-order valence-corrected chi connectivity index (χ2v) is 4.18. The minimum absolute atomic E-state index is 0.801. The lowest BCUT2D eigenvalue weighted by Gasteiger charge is -2.12. The average molecular weight is 246 g/mol. The molecule has 0 aromatic heterocycles. The lowest BCUT2D eigenvalue weighted by atomic mass is 10.00. The first kappa shape index (κ1) is 14.0. The van der Waals surface area contributed by atoms with E-state index in [2.05, 4.69) is 6.07 Å². The molecule has 3 heteroatoms. The molecule has 0 saturated heterocycles. The van der Waals surface area contributed by atoms with Gasteiger partial charge in [-0.15, -0.1) is 0 Å². The van der Waals surface area contributed by atoms with E-state index in [-0.39, 0.29) is 0 Å². The van der Waals surface area contributed by atoms with Crippen molar-refractivity contribution in [3.05, 3.63) is 47.1 Å². The van der Waals surface area contributed by atoms with Crippen LogP contribution in [0.15, 0.2) is 30.4 Å². The number of hydrogen-bond donors (Lipinski definition) is 1. The molecule has 1 N–H and O–H groups in total. The molecule has 3 nitrogen and oxygen atoms in total. The smallest absolute Gasteiger partial charge is 0.328 e. The largest absolute Gasteiger partial charge is 0.496 e. The summed E-state index contributed by atoms with van der Waals surface area (Å²) in [6.45, 7) is 6.00. The Bertz CT molecular complexity index is 511. The van der Waals surface area contributed by atoms with Crippen LogP contribution in [0.2, 0.25) is 0 Å². The van der Waals surface area contributed by atoms with E-state index in [1.807, 2.05) is 26.8 Å². The van der Waals surface area contributed by atoms with Gasteiger partial charge in [-0.1, -0.05) is 12.2 Å². The van der Waals surface area contributed by atoms with Crippen LogP contribution < -0.4 is 4.74 Å². The molecule has 0 aliphatic heterocycles. The molecule has 0 heterocycles. The molecule has 0 bridgehead atoms. The van der Waals surface area contributed by atoms with Crippen LogP contribution in [0.25, 0.3) is 5.57 Å². The van der Waals surface area contributed by atoms with E-state index in [9.17, 15) is 4.79 Å². The molecule has 0 amide bonds. The summed E-state index contributed by atoms with van der Waals surface area (Å²) in [5.74, 6) is -0.151. The summed E-state index contributed by atoms with van der Waals surface area (Å²) >= 11 is 0. The van der Waals surface area contributed by atoms with Crippen LogP contribution in [0.1, 0.15) is 23.6 Å². The number of carboxylic acid groups (broad SMARTS) is 1. The summed E-state index contributed by atoms with van der Waals surface area (Å²) in [5, 5.41) is 8.54. The third-order valence-electron chi connectivity index (χ3n) is 2.83. The number of methoxy groups -OCH3 is 1. The minimum atomic E-state index is -0.953. The highest BCUT2D eigenvalue weighted by Crippen LogP contribution is 2.28. The minimum Gasteiger partial charge on any atom is -0.496 e. The zero-order chi connectivity index (χ0) is 13.7. The predicted molar refractivity (Wildman–Crippen MR) is 72.9 cm³/mol. The van der Waals surface area contributed by atoms with Crippen molar-refractivity contribution in [2.75, 3.05) is 7.11 Å². The molecular formula is C15H18O3. The van der Waals surface area contributed by atoms with E-state index in [1.165, 1.54) is 17.2 Å². The molecule has 18 heavy (non-hydrogen) atoms. The van der Waals surface area contributed by atoms with Crippen molar-refractivity contribution in [2.24, 2.45) is 0 Å². The van der Waals surface area contributed by atoms with Gasteiger partial charge in [-0.2, -0.15) is 0 Å². The lowest BCUT2D eigenvalue weighted by Crippen LogP contribution is -1.93. The van der Waals surface area contributed by atoms with Crippen LogP contribution in [0.4, 0.5) is 0 Å². The van der Waals surface area contributed by atoms with Gasteiger partial charge in [0.05, 0.1) is 7.11 Å². The Morgan fingerprint density at radius 2 is 1.89 bits per heavy atom. The van der Waals surface area contributed by atoms with Crippen LogP contribution in [-0.2, 0) is 4.79 Å². The first-order valence-electron chi connectivity index (χ1n) is 5.69. The summed E-state index contributed by atoms with van der Waals surface area (Å²) in [7, 11) is 1.63.